The summed E-state index contributed by atoms with van der Waals surface area (Å²) >= 11 is 0. The number of aliphatic hydroxyl groups excluding tert-OH is 1. The summed E-state index contributed by atoms with van der Waals surface area (Å²) in [6, 6.07) is 3.39. The molecule has 1 aromatic rings. The van der Waals surface area contributed by atoms with Crippen LogP contribution in [0.4, 0.5) is 8.78 Å². The Kier molecular flexibility index (Phi) is 6.29. The third-order valence-electron chi connectivity index (χ3n) is 4.81. The molecule has 1 fully saturated rings. The Bertz CT molecular complexity index is 572. The predicted octanol–water partition coefficient (Wildman–Crippen LogP) is 2.58. The van der Waals surface area contributed by atoms with Crippen molar-refractivity contribution in [1.82, 2.24) is 9.80 Å². The van der Waals surface area contributed by atoms with E-state index in [-0.39, 0.29) is 30.0 Å². The van der Waals surface area contributed by atoms with Crippen LogP contribution in [0.15, 0.2) is 18.2 Å². The summed E-state index contributed by atoms with van der Waals surface area (Å²) in [4.78, 5) is 16.1. The van der Waals surface area contributed by atoms with Crippen molar-refractivity contribution in [2.75, 3.05) is 26.7 Å². The summed E-state index contributed by atoms with van der Waals surface area (Å²) in [5, 5.41) is 10.2. The van der Waals surface area contributed by atoms with Crippen molar-refractivity contribution in [2.24, 2.45) is 5.92 Å². The van der Waals surface area contributed by atoms with E-state index in [9.17, 15) is 18.7 Å². The maximum Gasteiger partial charge on any atom is 0.225 e. The van der Waals surface area contributed by atoms with E-state index >= 15 is 0 Å². The molecular weight excluding hydrogens is 314 g/mol. The fourth-order valence-electron chi connectivity index (χ4n) is 3.02. The predicted molar refractivity (Wildman–Crippen MR) is 88.4 cm³/mol. The van der Waals surface area contributed by atoms with Crippen molar-refractivity contribution < 1.29 is 18.7 Å². The molecule has 0 saturated carbocycles. The number of benzene rings is 1. The first kappa shape index (κ1) is 18.8. The van der Waals surface area contributed by atoms with Crippen molar-refractivity contribution in [3.05, 3.63) is 35.4 Å². The van der Waals surface area contributed by atoms with Crippen molar-refractivity contribution in [1.29, 1.82) is 0 Å². The van der Waals surface area contributed by atoms with Crippen LogP contribution < -0.4 is 0 Å². The zero-order valence-corrected chi connectivity index (χ0v) is 14.5. The molecule has 0 bridgehead atoms. The molecule has 4 nitrogen and oxygen atoms in total. The van der Waals surface area contributed by atoms with E-state index in [0.29, 0.717) is 13.1 Å². The Labute approximate surface area is 142 Å². The average Bonchev–Trinajstić information content (AvgIpc) is 2.53. The number of aliphatic hydroxyl groups is 1. The minimum atomic E-state index is -1.00. The van der Waals surface area contributed by atoms with Crippen molar-refractivity contribution in [2.45, 2.75) is 38.8 Å². The second-order valence-corrected chi connectivity index (χ2v) is 6.80. The van der Waals surface area contributed by atoms with Gasteiger partial charge in [0, 0.05) is 37.2 Å². The summed E-state index contributed by atoms with van der Waals surface area (Å²) in [6.07, 6.45) is 0.458. The molecule has 1 aliphatic rings. The van der Waals surface area contributed by atoms with Gasteiger partial charge in [-0.2, -0.15) is 0 Å². The lowest BCUT2D eigenvalue weighted by atomic mass is 9.94. The van der Waals surface area contributed by atoms with Gasteiger partial charge in [-0.25, -0.2) is 8.78 Å². The normalized spacial score (nSPS) is 18.0. The minimum absolute atomic E-state index is 0.00773. The number of amides is 1. The fraction of sp³-hybridized carbons (Fsp3) is 0.611. The van der Waals surface area contributed by atoms with E-state index in [1.807, 2.05) is 25.8 Å². The third kappa shape index (κ3) is 4.51. The third-order valence-corrected chi connectivity index (χ3v) is 4.81. The van der Waals surface area contributed by atoms with Crippen molar-refractivity contribution >= 4 is 5.91 Å². The summed E-state index contributed by atoms with van der Waals surface area (Å²) in [6.45, 7) is 5.62. The lowest BCUT2D eigenvalue weighted by Crippen LogP contribution is -2.44. The van der Waals surface area contributed by atoms with Gasteiger partial charge in [-0.1, -0.05) is 6.07 Å². The zero-order valence-electron chi connectivity index (χ0n) is 14.5. The zero-order chi connectivity index (χ0) is 17.9. The maximum atomic E-state index is 13.7. The number of nitrogens with zero attached hydrogens (tertiary/aromatic N) is 2. The van der Waals surface area contributed by atoms with Gasteiger partial charge in [-0.15, -0.1) is 0 Å². The van der Waals surface area contributed by atoms with Crippen LogP contribution in [0, 0.1) is 17.6 Å². The van der Waals surface area contributed by atoms with Gasteiger partial charge in [0.15, 0.2) is 0 Å². The Morgan fingerprint density at radius 1 is 1.33 bits per heavy atom. The van der Waals surface area contributed by atoms with Crippen molar-refractivity contribution in [3.8, 4) is 0 Å². The van der Waals surface area contributed by atoms with E-state index in [1.54, 1.807) is 4.90 Å². The van der Waals surface area contributed by atoms with Crippen LogP contribution in [-0.4, -0.2) is 53.5 Å². The number of rotatable bonds is 5. The highest BCUT2D eigenvalue weighted by Gasteiger charge is 2.29. The molecule has 0 spiro atoms. The van der Waals surface area contributed by atoms with Gasteiger partial charge in [0.2, 0.25) is 5.91 Å². The Morgan fingerprint density at radius 3 is 2.50 bits per heavy atom. The maximum absolute atomic E-state index is 13.7. The molecule has 134 valence electrons. The van der Waals surface area contributed by atoms with Gasteiger partial charge in [-0.3, -0.25) is 4.79 Å². The van der Waals surface area contributed by atoms with Crippen LogP contribution >= 0.6 is 0 Å². The van der Waals surface area contributed by atoms with Crippen LogP contribution in [-0.2, 0) is 4.79 Å². The number of halogens is 2. The molecule has 6 heteroatoms. The van der Waals surface area contributed by atoms with Gasteiger partial charge in [-0.05, 0) is 45.8 Å². The number of β-amino-alcohol motifs (C(OH)–C–C–N with tert-alkyl or cyclic N) is 1. The standard InChI is InChI=1S/C18H26F2N2O2/c1-12(2)21(3)18(24)13-6-8-22(9-7-13)11-17(23)15-5-4-14(19)10-16(15)20/h4-5,10,12-13,17,23H,6-9,11H2,1-3H3. The smallest absolute Gasteiger partial charge is 0.225 e. The van der Waals surface area contributed by atoms with Gasteiger partial charge in [0.05, 0.1) is 6.10 Å². The quantitative estimate of drug-likeness (QED) is 0.896. The molecule has 1 heterocycles. The molecule has 1 N–H and O–H groups in total. The molecule has 1 amide bonds. The van der Waals surface area contributed by atoms with E-state index in [1.165, 1.54) is 6.07 Å². The topological polar surface area (TPSA) is 43.8 Å². The van der Waals surface area contributed by atoms with E-state index in [0.717, 1.165) is 25.0 Å². The first-order valence-corrected chi connectivity index (χ1v) is 8.41. The highest BCUT2D eigenvalue weighted by atomic mass is 19.1. The van der Waals surface area contributed by atoms with Gasteiger partial charge >= 0.3 is 0 Å². The Morgan fingerprint density at radius 2 is 1.96 bits per heavy atom. The Hall–Kier alpha value is -1.53. The minimum Gasteiger partial charge on any atom is -0.387 e. The van der Waals surface area contributed by atoms with Crippen molar-refractivity contribution in [3.63, 3.8) is 0 Å². The lowest BCUT2D eigenvalue weighted by Gasteiger charge is -2.35. The first-order chi connectivity index (χ1) is 11.3. The van der Waals surface area contributed by atoms with E-state index in [4.69, 9.17) is 0 Å². The van der Waals surface area contributed by atoms with Crippen LogP contribution in [0.25, 0.3) is 0 Å². The fourth-order valence-corrected chi connectivity index (χ4v) is 3.02. The van der Waals surface area contributed by atoms with Crippen LogP contribution in [0.3, 0.4) is 0 Å². The highest BCUT2D eigenvalue weighted by Crippen LogP contribution is 2.24. The molecular formula is C18H26F2N2O2. The van der Waals surface area contributed by atoms with Gasteiger partial charge in [0.25, 0.3) is 0 Å². The molecule has 1 unspecified atom stereocenters. The summed E-state index contributed by atoms with van der Waals surface area (Å²) in [7, 11) is 1.82. The number of carbonyl (C=O) groups is 1. The van der Waals surface area contributed by atoms with Gasteiger partial charge < -0.3 is 14.9 Å². The second kappa shape index (κ2) is 8.03. The first-order valence-electron chi connectivity index (χ1n) is 8.41. The summed E-state index contributed by atoms with van der Waals surface area (Å²) in [5.41, 5.74) is 0.106. The number of piperidine rings is 1. The van der Waals surface area contributed by atoms with Crippen LogP contribution in [0.5, 0.6) is 0 Å². The SMILES string of the molecule is CC(C)N(C)C(=O)C1CCN(CC(O)c2ccc(F)cc2F)CC1. The molecule has 2 rings (SSSR count). The largest absolute Gasteiger partial charge is 0.387 e. The molecule has 0 aromatic heterocycles. The van der Waals surface area contributed by atoms with E-state index < -0.39 is 17.7 Å². The average molecular weight is 340 g/mol. The Balaban J connectivity index is 1.87. The number of hydrogen-bond donors (Lipinski definition) is 1. The molecule has 24 heavy (non-hydrogen) atoms. The molecule has 1 aliphatic heterocycles. The molecule has 0 radical (unpaired) electrons. The lowest BCUT2D eigenvalue weighted by molar-refractivity contribution is -0.137. The summed E-state index contributed by atoms with van der Waals surface area (Å²) < 4.78 is 26.7. The number of likely N-dealkylation sites (tertiary alicyclic amines) is 1. The highest BCUT2D eigenvalue weighted by molar-refractivity contribution is 5.78. The monoisotopic (exact) mass is 340 g/mol. The second-order valence-electron chi connectivity index (χ2n) is 6.80. The number of carbonyl (C=O) groups excluding carboxylic acids is 1. The summed E-state index contributed by atoms with van der Waals surface area (Å²) in [5.74, 6) is -1.22. The molecule has 1 aromatic carbocycles. The number of hydrogen-bond acceptors (Lipinski definition) is 3. The van der Waals surface area contributed by atoms with Crippen LogP contribution in [0.1, 0.15) is 38.4 Å². The van der Waals surface area contributed by atoms with Gasteiger partial charge in [0.1, 0.15) is 11.6 Å². The van der Waals surface area contributed by atoms with E-state index in [2.05, 4.69) is 0 Å². The molecule has 1 atom stereocenters. The molecule has 0 aliphatic carbocycles. The van der Waals surface area contributed by atoms with Crippen LogP contribution in [0.2, 0.25) is 0 Å². The molecule has 1 saturated heterocycles.